The molecular weight excluding hydrogens is 260 g/mol. The van der Waals surface area contributed by atoms with E-state index in [-0.39, 0.29) is 0 Å². The zero-order chi connectivity index (χ0) is 14.6. The van der Waals surface area contributed by atoms with Gasteiger partial charge in [0.05, 0.1) is 11.7 Å². The molecule has 0 aliphatic heterocycles. The van der Waals surface area contributed by atoms with Gasteiger partial charge in [0.15, 0.2) is 6.39 Å². The Kier molecular flexibility index (Phi) is 6.23. The van der Waals surface area contributed by atoms with Crippen LogP contribution in [0.2, 0.25) is 0 Å². The molecule has 0 atom stereocenters. The topological polar surface area (TPSA) is 38.9 Å². The fraction of sp³-hybridized carbons (Fsp3) is 0. The smallest absolute Gasteiger partial charge is 0.180 e. The maximum Gasteiger partial charge on any atom is 0.180 e. The predicted octanol–water partition coefficient (Wildman–Crippen LogP) is 4.60. The van der Waals surface area contributed by atoms with Crippen molar-refractivity contribution in [1.82, 2.24) is 9.97 Å². The molecule has 2 aromatic carbocycles. The lowest BCUT2D eigenvalue weighted by Gasteiger charge is -1.91. The summed E-state index contributed by atoms with van der Waals surface area (Å²) < 4.78 is 4.47. The van der Waals surface area contributed by atoms with Crippen LogP contribution in [0.25, 0.3) is 10.9 Å². The molecule has 0 saturated carbocycles. The van der Waals surface area contributed by atoms with E-state index in [1.807, 2.05) is 66.9 Å². The van der Waals surface area contributed by atoms with Gasteiger partial charge in [0, 0.05) is 11.6 Å². The lowest BCUT2D eigenvalue weighted by atomic mass is 10.2. The van der Waals surface area contributed by atoms with Crippen LogP contribution < -0.4 is 0 Å². The lowest BCUT2D eigenvalue weighted by Crippen LogP contribution is -1.73. The third kappa shape index (κ3) is 5.70. The van der Waals surface area contributed by atoms with Gasteiger partial charge in [0.1, 0.15) is 6.26 Å². The standard InChI is InChI=1S/C9H7N.C6H6.C3H3NO/c1-2-6-9-8(4-1)5-3-7-10-9;1-2-4-6-5-3-1;1-2-5-3-4-1/h1-7H;1-6H;1-3H. The highest BCUT2D eigenvalue weighted by Crippen LogP contribution is 2.07. The van der Waals surface area contributed by atoms with E-state index < -0.39 is 0 Å². The summed E-state index contributed by atoms with van der Waals surface area (Å²) in [4.78, 5) is 7.74. The molecule has 3 nitrogen and oxygen atoms in total. The summed E-state index contributed by atoms with van der Waals surface area (Å²) >= 11 is 0. The average Bonchev–Trinajstić information content (AvgIpc) is 3.17. The Bertz CT molecular complexity index is 600. The van der Waals surface area contributed by atoms with Gasteiger partial charge in [-0.3, -0.25) is 4.98 Å². The van der Waals surface area contributed by atoms with Crippen molar-refractivity contribution < 1.29 is 4.42 Å². The van der Waals surface area contributed by atoms with E-state index in [4.69, 9.17) is 0 Å². The van der Waals surface area contributed by atoms with E-state index in [0.717, 1.165) is 5.52 Å². The molecule has 0 bridgehead atoms. The highest BCUT2D eigenvalue weighted by molar-refractivity contribution is 5.77. The van der Waals surface area contributed by atoms with E-state index in [2.05, 4.69) is 26.5 Å². The van der Waals surface area contributed by atoms with Crippen LogP contribution in [0.3, 0.4) is 0 Å². The number of oxazole rings is 1. The molecule has 3 heteroatoms. The van der Waals surface area contributed by atoms with Crippen LogP contribution in [-0.2, 0) is 0 Å². The molecule has 4 aromatic rings. The first kappa shape index (κ1) is 14.5. The van der Waals surface area contributed by atoms with Crippen molar-refractivity contribution in [3.05, 3.63) is 97.8 Å². The molecular formula is C18H16N2O. The van der Waals surface area contributed by atoms with Crippen molar-refractivity contribution in [2.75, 3.05) is 0 Å². The molecule has 21 heavy (non-hydrogen) atoms. The van der Waals surface area contributed by atoms with Gasteiger partial charge in [-0.1, -0.05) is 60.7 Å². The van der Waals surface area contributed by atoms with E-state index in [1.54, 1.807) is 6.20 Å². The first-order chi connectivity index (χ1) is 10.5. The summed E-state index contributed by atoms with van der Waals surface area (Å²) in [6, 6.07) is 24.1. The predicted molar refractivity (Wildman–Crippen MR) is 84.7 cm³/mol. The van der Waals surface area contributed by atoms with Crippen LogP contribution in [0.4, 0.5) is 0 Å². The van der Waals surface area contributed by atoms with E-state index in [1.165, 1.54) is 18.0 Å². The van der Waals surface area contributed by atoms with Crippen molar-refractivity contribution in [3.63, 3.8) is 0 Å². The molecule has 0 aliphatic carbocycles. The number of pyridine rings is 1. The minimum absolute atomic E-state index is 1.06. The van der Waals surface area contributed by atoms with Crippen LogP contribution in [0.5, 0.6) is 0 Å². The first-order valence-electron chi connectivity index (χ1n) is 6.59. The van der Waals surface area contributed by atoms with Crippen LogP contribution >= 0.6 is 0 Å². The molecule has 4 rings (SSSR count). The fourth-order valence-electron chi connectivity index (χ4n) is 1.58. The molecule has 0 amide bonds. The number of nitrogens with zero attached hydrogens (tertiary/aromatic N) is 2. The van der Waals surface area contributed by atoms with Crippen LogP contribution in [0, 0.1) is 0 Å². The number of rotatable bonds is 0. The second kappa shape index (κ2) is 9.04. The molecule has 0 saturated heterocycles. The van der Waals surface area contributed by atoms with Gasteiger partial charge in [-0.25, -0.2) is 4.98 Å². The minimum Gasteiger partial charge on any atom is -0.452 e. The van der Waals surface area contributed by atoms with E-state index >= 15 is 0 Å². The van der Waals surface area contributed by atoms with Gasteiger partial charge in [-0.2, -0.15) is 0 Å². The monoisotopic (exact) mass is 276 g/mol. The zero-order valence-electron chi connectivity index (χ0n) is 11.5. The highest BCUT2D eigenvalue weighted by Gasteiger charge is 1.86. The van der Waals surface area contributed by atoms with Crippen molar-refractivity contribution in [3.8, 4) is 0 Å². The third-order valence-electron chi connectivity index (χ3n) is 2.53. The molecule has 0 spiro atoms. The summed E-state index contributed by atoms with van der Waals surface area (Å²) in [5.41, 5.74) is 1.06. The normalized spacial score (nSPS) is 8.95. The summed E-state index contributed by atoms with van der Waals surface area (Å²) in [6.45, 7) is 0. The molecule has 0 aliphatic rings. The van der Waals surface area contributed by atoms with Gasteiger partial charge >= 0.3 is 0 Å². The van der Waals surface area contributed by atoms with Crippen molar-refractivity contribution in [2.45, 2.75) is 0 Å². The number of para-hydroxylation sites is 1. The number of hydrogen-bond acceptors (Lipinski definition) is 3. The number of fused-ring (bicyclic) bond motifs is 1. The molecule has 0 radical (unpaired) electrons. The molecule has 0 unspecified atom stereocenters. The Morgan fingerprint density at radius 3 is 1.86 bits per heavy atom. The number of aromatic nitrogens is 2. The van der Waals surface area contributed by atoms with Crippen LogP contribution in [0.1, 0.15) is 0 Å². The Balaban J connectivity index is 0.000000126. The van der Waals surface area contributed by atoms with Gasteiger partial charge < -0.3 is 4.42 Å². The third-order valence-corrected chi connectivity index (χ3v) is 2.53. The van der Waals surface area contributed by atoms with E-state index in [9.17, 15) is 0 Å². The fourth-order valence-corrected chi connectivity index (χ4v) is 1.58. The number of benzene rings is 2. The van der Waals surface area contributed by atoms with Crippen LogP contribution in [-0.4, -0.2) is 9.97 Å². The molecule has 0 N–H and O–H groups in total. The van der Waals surface area contributed by atoms with E-state index in [0.29, 0.717) is 0 Å². The second-order valence-electron chi connectivity index (χ2n) is 4.03. The molecule has 2 heterocycles. The summed E-state index contributed by atoms with van der Waals surface area (Å²) in [5.74, 6) is 0. The highest BCUT2D eigenvalue weighted by atomic mass is 16.3. The van der Waals surface area contributed by atoms with Crippen molar-refractivity contribution in [1.29, 1.82) is 0 Å². The van der Waals surface area contributed by atoms with Crippen LogP contribution in [0.15, 0.2) is 102 Å². The van der Waals surface area contributed by atoms with Gasteiger partial charge in [-0.05, 0) is 12.1 Å². The van der Waals surface area contributed by atoms with Gasteiger partial charge in [0.2, 0.25) is 0 Å². The van der Waals surface area contributed by atoms with Gasteiger partial charge in [0.25, 0.3) is 0 Å². The van der Waals surface area contributed by atoms with Crippen molar-refractivity contribution in [2.24, 2.45) is 0 Å². The quantitative estimate of drug-likeness (QED) is 0.471. The molecule has 104 valence electrons. The molecule has 0 fully saturated rings. The largest absolute Gasteiger partial charge is 0.452 e. The number of hydrogen-bond donors (Lipinski definition) is 0. The van der Waals surface area contributed by atoms with Crippen molar-refractivity contribution >= 4 is 10.9 Å². The minimum atomic E-state index is 1.06. The Hall–Kier alpha value is -2.94. The maximum atomic E-state index is 4.47. The zero-order valence-corrected chi connectivity index (χ0v) is 11.5. The Labute approximate surface area is 123 Å². The maximum absolute atomic E-state index is 4.47. The summed E-state index contributed by atoms with van der Waals surface area (Å²) in [5, 5.41) is 1.20. The summed E-state index contributed by atoms with van der Waals surface area (Å²) in [6.07, 6.45) is 6.28. The summed E-state index contributed by atoms with van der Waals surface area (Å²) in [7, 11) is 0. The Morgan fingerprint density at radius 1 is 0.667 bits per heavy atom. The Morgan fingerprint density at radius 2 is 1.33 bits per heavy atom. The first-order valence-corrected chi connectivity index (χ1v) is 6.59. The lowest BCUT2D eigenvalue weighted by molar-refractivity contribution is 0.558. The van der Waals surface area contributed by atoms with Gasteiger partial charge in [-0.15, -0.1) is 0 Å². The molecule has 2 aromatic heterocycles. The SMILES string of the molecule is c1ccc2ncccc2c1.c1ccccc1.c1cocn1. The second-order valence-corrected chi connectivity index (χ2v) is 4.03. The average molecular weight is 276 g/mol.